The molecule has 0 bridgehead atoms. The number of benzene rings is 2. The topological polar surface area (TPSA) is 197 Å². The molecule has 15 heteroatoms. The van der Waals surface area contributed by atoms with E-state index in [0.29, 0.717) is 43.9 Å². The molecule has 0 saturated heterocycles. The molecule has 0 aliphatic rings. The average molecular weight is 773 g/mol. The third kappa shape index (κ3) is 11.1. The van der Waals surface area contributed by atoms with Crippen LogP contribution in [0.2, 0.25) is 0 Å². The Bertz CT molecular complexity index is 1450. The number of unbranched alkanes of at least 4 members (excludes halogenated alkanes) is 1. The fraction of sp³-hybridized carbons (Fsp3) is 0.333. The second-order valence-corrected chi connectivity index (χ2v) is 11.1. The Hall–Kier alpha value is -3.45. The summed E-state index contributed by atoms with van der Waals surface area (Å²) in [5.41, 5.74) is 4.11. The van der Waals surface area contributed by atoms with E-state index in [1.165, 1.54) is 17.0 Å². The molecule has 13 nitrogen and oxygen atoms in total. The van der Waals surface area contributed by atoms with Gasteiger partial charge in [-0.15, -0.1) is 0 Å². The molecule has 2 aromatic carbocycles. The van der Waals surface area contributed by atoms with Crippen LogP contribution >= 0.6 is 0 Å². The van der Waals surface area contributed by atoms with Crippen LogP contribution in [0.4, 0.5) is 0 Å². The maximum absolute atomic E-state index is 12.3. The first-order valence-electron chi connectivity index (χ1n) is 12.8. The predicted octanol–water partition coefficient (Wildman–Crippen LogP) is 0.950. The van der Waals surface area contributed by atoms with Crippen molar-refractivity contribution in [3.05, 3.63) is 65.9 Å². The Balaban J connectivity index is 0.00000616. The Morgan fingerprint density at radius 3 is 2.17 bits per heavy atom. The van der Waals surface area contributed by atoms with E-state index in [2.05, 4.69) is 15.7 Å². The number of carbonyl (C=O) groups is 3. The van der Waals surface area contributed by atoms with Crippen LogP contribution in [0.5, 0.6) is 0 Å². The summed E-state index contributed by atoms with van der Waals surface area (Å²) < 4.78 is 25.0. The Labute approximate surface area is 257 Å². The monoisotopic (exact) mass is 773 g/mol. The Kier molecular flexibility index (Phi) is 13.5. The maximum Gasteiger partial charge on any atom is 0.317 e. The number of hydrogen-bond donors (Lipinski definition) is 5. The van der Waals surface area contributed by atoms with Crippen molar-refractivity contribution in [2.75, 3.05) is 32.7 Å². The standard InChI is InChI=1S/C27H34N6O7S.Re/c1-19-4-6-20(7-5-19)24-14-21(31-33(24)22-8-10-23(11-9-22)41(28,39)40)15-29-16-25(34)30-12-2-3-13-32(17-26(35)36)18-27(37)38;/h4-11,14,29H,2-3,12-13,15-18H2,1H3,(H,30,34)(H,35,36)(H,37,38)(H2,28,39,40);. The maximum atomic E-state index is 12.3. The number of carboxylic acid groups (broad SMARTS) is 2. The van der Waals surface area contributed by atoms with Crippen molar-refractivity contribution < 1.29 is 53.4 Å². The SMILES string of the molecule is Cc1ccc(-c2cc(CNCC(=O)NCCCCN(CC(=O)O)CC(=O)O)nn2-c2ccc(S(N)(=O)=O)cc2)cc1.[Re]. The van der Waals surface area contributed by atoms with Crippen molar-refractivity contribution in [2.24, 2.45) is 5.14 Å². The molecule has 1 radical (unpaired) electrons. The number of nitrogens with zero attached hydrogens (tertiary/aromatic N) is 3. The number of aliphatic carboxylic acids is 2. The number of hydrogen-bond acceptors (Lipinski definition) is 8. The van der Waals surface area contributed by atoms with Crippen molar-refractivity contribution >= 4 is 27.9 Å². The molecule has 227 valence electrons. The van der Waals surface area contributed by atoms with E-state index >= 15 is 0 Å². The molecule has 3 aromatic rings. The van der Waals surface area contributed by atoms with Crippen LogP contribution in [0, 0.1) is 6.92 Å². The first kappa shape index (κ1) is 34.8. The summed E-state index contributed by atoms with van der Waals surface area (Å²) in [7, 11) is -3.83. The van der Waals surface area contributed by atoms with E-state index in [9.17, 15) is 22.8 Å². The van der Waals surface area contributed by atoms with E-state index in [-0.39, 0.29) is 50.9 Å². The van der Waals surface area contributed by atoms with Gasteiger partial charge in [0.15, 0.2) is 0 Å². The Morgan fingerprint density at radius 1 is 0.976 bits per heavy atom. The van der Waals surface area contributed by atoms with Crippen LogP contribution in [0.25, 0.3) is 16.9 Å². The summed E-state index contributed by atoms with van der Waals surface area (Å²) in [5.74, 6) is -2.42. The third-order valence-electron chi connectivity index (χ3n) is 6.05. The van der Waals surface area contributed by atoms with E-state index in [1.54, 1.807) is 16.8 Å². The molecule has 0 atom stereocenters. The zero-order chi connectivity index (χ0) is 30.0. The number of rotatable bonds is 16. The van der Waals surface area contributed by atoms with Gasteiger partial charge in [-0.25, -0.2) is 18.2 Å². The van der Waals surface area contributed by atoms with Crippen LogP contribution in [0.15, 0.2) is 59.5 Å². The second kappa shape index (κ2) is 16.3. The Morgan fingerprint density at radius 2 is 1.60 bits per heavy atom. The second-order valence-electron chi connectivity index (χ2n) is 9.50. The summed E-state index contributed by atoms with van der Waals surface area (Å²) >= 11 is 0. The molecule has 1 aromatic heterocycles. The van der Waals surface area contributed by atoms with Gasteiger partial charge >= 0.3 is 11.9 Å². The number of carboxylic acids is 2. The number of amides is 1. The summed E-state index contributed by atoms with van der Waals surface area (Å²) in [6.45, 7) is 2.28. The minimum absolute atomic E-state index is 0. The molecule has 0 spiro atoms. The number of carbonyl (C=O) groups excluding carboxylic acids is 1. The number of aryl methyl sites for hydroxylation is 1. The van der Waals surface area contributed by atoms with Crippen molar-refractivity contribution in [1.82, 2.24) is 25.3 Å². The number of nitrogens with one attached hydrogen (secondary N) is 2. The zero-order valence-electron chi connectivity index (χ0n) is 23.0. The summed E-state index contributed by atoms with van der Waals surface area (Å²) in [4.78, 5) is 35.3. The largest absolute Gasteiger partial charge is 0.480 e. The van der Waals surface area contributed by atoms with Crippen LogP contribution in [-0.4, -0.2) is 83.9 Å². The fourth-order valence-electron chi connectivity index (χ4n) is 4.07. The van der Waals surface area contributed by atoms with E-state index in [4.69, 9.17) is 15.4 Å². The number of sulfonamides is 1. The van der Waals surface area contributed by atoms with Gasteiger partial charge < -0.3 is 20.8 Å². The van der Waals surface area contributed by atoms with Crippen LogP contribution < -0.4 is 15.8 Å². The molecule has 42 heavy (non-hydrogen) atoms. The molecule has 0 aliphatic carbocycles. The van der Waals surface area contributed by atoms with Gasteiger partial charge in [0.05, 0.1) is 41.6 Å². The van der Waals surface area contributed by atoms with E-state index in [1.807, 2.05) is 37.3 Å². The molecule has 0 fully saturated rings. The summed E-state index contributed by atoms with van der Waals surface area (Å²) in [6, 6.07) is 15.9. The van der Waals surface area contributed by atoms with Gasteiger partial charge in [-0.05, 0) is 56.6 Å². The van der Waals surface area contributed by atoms with Crippen molar-refractivity contribution in [1.29, 1.82) is 0 Å². The normalized spacial score (nSPS) is 11.2. The van der Waals surface area contributed by atoms with Gasteiger partial charge in [0.1, 0.15) is 0 Å². The van der Waals surface area contributed by atoms with Gasteiger partial charge in [0.2, 0.25) is 15.9 Å². The van der Waals surface area contributed by atoms with E-state index in [0.717, 1.165) is 16.8 Å². The van der Waals surface area contributed by atoms with Crippen molar-refractivity contribution in [3.8, 4) is 16.9 Å². The van der Waals surface area contributed by atoms with Crippen LogP contribution in [0.1, 0.15) is 24.1 Å². The molecule has 0 saturated carbocycles. The average Bonchev–Trinajstić information content (AvgIpc) is 3.32. The van der Waals surface area contributed by atoms with Crippen LogP contribution in [0.3, 0.4) is 0 Å². The van der Waals surface area contributed by atoms with E-state index < -0.39 is 22.0 Å². The molecule has 1 amide bonds. The zero-order valence-corrected chi connectivity index (χ0v) is 26.5. The summed E-state index contributed by atoms with van der Waals surface area (Å²) in [5, 5.41) is 33.5. The molecule has 3 rings (SSSR count). The minimum Gasteiger partial charge on any atom is -0.480 e. The number of primary sulfonamides is 1. The predicted molar refractivity (Wildman–Crippen MR) is 151 cm³/mol. The van der Waals surface area contributed by atoms with Gasteiger partial charge in [-0.2, -0.15) is 5.10 Å². The van der Waals surface area contributed by atoms with Crippen molar-refractivity contribution in [3.63, 3.8) is 0 Å². The summed E-state index contributed by atoms with van der Waals surface area (Å²) in [6.07, 6.45) is 1.10. The molecular formula is C27H34N6O7ReS. The van der Waals surface area contributed by atoms with Gasteiger partial charge in [0.25, 0.3) is 0 Å². The number of nitrogens with two attached hydrogens (primary N) is 1. The molecule has 1 heterocycles. The first-order valence-corrected chi connectivity index (χ1v) is 14.4. The molecule has 6 N–H and O–H groups in total. The molecule has 0 unspecified atom stereocenters. The van der Waals surface area contributed by atoms with Gasteiger partial charge in [-0.3, -0.25) is 19.3 Å². The molecular weight excluding hydrogens is 739 g/mol. The molecule has 0 aliphatic heterocycles. The quantitative estimate of drug-likeness (QED) is 0.131. The smallest absolute Gasteiger partial charge is 0.317 e. The third-order valence-corrected chi connectivity index (χ3v) is 6.98. The minimum atomic E-state index is -3.83. The van der Waals surface area contributed by atoms with Crippen molar-refractivity contribution in [2.45, 2.75) is 31.2 Å². The first-order chi connectivity index (χ1) is 19.4. The fourth-order valence-corrected chi connectivity index (χ4v) is 4.59. The van der Waals surface area contributed by atoms with Gasteiger partial charge in [-0.1, -0.05) is 29.8 Å². The van der Waals surface area contributed by atoms with Crippen LogP contribution in [-0.2, 0) is 51.4 Å². The van der Waals surface area contributed by atoms with Gasteiger partial charge in [0, 0.05) is 39.1 Å². The number of aromatic nitrogens is 2.